The standard InChI is InChI=1S/C13H17BrClNO2/c1-10(14)6-7-16(2)13(17)9-18-12-5-3-4-11(15)8-12/h3-5,8,10H,6-7,9H2,1-2H3. The molecule has 18 heavy (non-hydrogen) atoms. The number of hydrogen-bond acceptors (Lipinski definition) is 2. The molecule has 100 valence electrons. The monoisotopic (exact) mass is 333 g/mol. The molecule has 1 aromatic rings. The summed E-state index contributed by atoms with van der Waals surface area (Å²) in [7, 11) is 1.78. The van der Waals surface area contributed by atoms with E-state index in [9.17, 15) is 4.79 Å². The molecule has 0 heterocycles. The zero-order chi connectivity index (χ0) is 13.5. The van der Waals surface area contributed by atoms with Gasteiger partial charge >= 0.3 is 0 Å². The van der Waals surface area contributed by atoms with Gasteiger partial charge in [-0.15, -0.1) is 0 Å². The molecule has 3 nitrogen and oxygen atoms in total. The third-order valence-corrected chi connectivity index (χ3v) is 3.14. The van der Waals surface area contributed by atoms with E-state index in [0.29, 0.717) is 22.1 Å². The highest BCUT2D eigenvalue weighted by Crippen LogP contribution is 2.17. The van der Waals surface area contributed by atoms with E-state index in [4.69, 9.17) is 16.3 Å². The van der Waals surface area contributed by atoms with Crippen LogP contribution in [0.15, 0.2) is 24.3 Å². The van der Waals surface area contributed by atoms with E-state index in [2.05, 4.69) is 22.9 Å². The quantitative estimate of drug-likeness (QED) is 0.747. The number of benzene rings is 1. The Morgan fingerprint density at radius 3 is 2.89 bits per heavy atom. The molecule has 0 spiro atoms. The van der Waals surface area contributed by atoms with Crippen LogP contribution in [0.1, 0.15) is 13.3 Å². The van der Waals surface area contributed by atoms with Crippen LogP contribution in [0, 0.1) is 0 Å². The molecule has 1 unspecified atom stereocenters. The van der Waals surface area contributed by atoms with Gasteiger partial charge in [0.2, 0.25) is 0 Å². The lowest BCUT2D eigenvalue weighted by Gasteiger charge is -2.18. The van der Waals surface area contributed by atoms with Crippen molar-refractivity contribution >= 4 is 33.4 Å². The average Bonchev–Trinajstić information content (AvgIpc) is 2.33. The molecule has 0 saturated heterocycles. The van der Waals surface area contributed by atoms with Crippen molar-refractivity contribution < 1.29 is 9.53 Å². The zero-order valence-corrected chi connectivity index (χ0v) is 12.9. The van der Waals surface area contributed by atoms with Gasteiger partial charge in [-0.25, -0.2) is 0 Å². The van der Waals surface area contributed by atoms with Crippen molar-refractivity contribution in [2.75, 3.05) is 20.2 Å². The van der Waals surface area contributed by atoms with Crippen molar-refractivity contribution in [2.24, 2.45) is 0 Å². The minimum absolute atomic E-state index is 0.0352. The highest BCUT2D eigenvalue weighted by Gasteiger charge is 2.10. The number of halogens is 2. The number of carbonyl (C=O) groups excluding carboxylic acids is 1. The van der Waals surface area contributed by atoms with E-state index in [1.54, 1.807) is 36.2 Å². The Bertz CT molecular complexity index is 398. The summed E-state index contributed by atoms with van der Waals surface area (Å²) in [6.45, 7) is 2.80. The predicted octanol–water partition coefficient (Wildman–Crippen LogP) is 3.35. The lowest BCUT2D eigenvalue weighted by Crippen LogP contribution is -2.32. The molecule has 1 atom stereocenters. The largest absolute Gasteiger partial charge is 0.484 e. The van der Waals surface area contributed by atoms with Crippen LogP contribution in [0.5, 0.6) is 5.75 Å². The summed E-state index contributed by atoms with van der Waals surface area (Å²) in [4.78, 5) is 13.8. The van der Waals surface area contributed by atoms with E-state index < -0.39 is 0 Å². The number of amides is 1. The molecule has 0 N–H and O–H groups in total. The average molecular weight is 335 g/mol. The first-order valence-electron chi connectivity index (χ1n) is 5.75. The normalized spacial score (nSPS) is 12.0. The second-order valence-corrected chi connectivity index (χ2v) is 6.13. The summed E-state index contributed by atoms with van der Waals surface area (Å²) < 4.78 is 5.39. The Labute approximate surface area is 121 Å². The van der Waals surface area contributed by atoms with Crippen LogP contribution < -0.4 is 4.74 Å². The second-order valence-electron chi connectivity index (χ2n) is 4.13. The van der Waals surface area contributed by atoms with Gasteiger partial charge in [0.15, 0.2) is 6.61 Å². The maximum atomic E-state index is 11.8. The predicted molar refractivity (Wildman–Crippen MR) is 77.6 cm³/mol. The fourth-order valence-corrected chi connectivity index (χ4v) is 1.69. The first-order chi connectivity index (χ1) is 8.49. The van der Waals surface area contributed by atoms with Crippen LogP contribution in [0.25, 0.3) is 0 Å². The molecule has 0 aliphatic heterocycles. The minimum Gasteiger partial charge on any atom is -0.484 e. The van der Waals surface area contributed by atoms with Crippen LogP contribution in [0.2, 0.25) is 5.02 Å². The summed E-state index contributed by atoms with van der Waals surface area (Å²) in [5, 5.41) is 0.599. The number of carbonyl (C=O) groups is 1. The van der Waals surface area contributed by atoms with Crippen LogP contribution >= 0.6 is 27.5 Å². The van der Waals surface area contributed by atoms with Crippen LogP contribution in [-0.2, 0) is 4.79 Å². The molecule has 1 rings (SSSR count). The fourth-order valence-electron chi connectivity index (χ4n) is 1.31. The van der Waals surface area contributed by atoms with Gasteiger partial charge in [0.05, 0.1) is 0 Å². The van der Waals surface area contributed by atoms with Gasteiger partial charge in [0.25, 0.3) is 5.91 Å². The molecular weight excluding hydrogens is 318 g/mol. The molecule has 0 radical (unpaired) electrons. The van der Waals surface area contributed by atoms with E-state index in [1.807, 2.05) is 0 Å². The van der Waals surface area contributed by atoms with Crippen molar-refractivity contribution in [3.05, 3.63) is 29.3 Å². The Hall–Kier alpha value is -0.740. The number of nitrogens with zero attached hydrogens (tertiary/aromatic N) is 1. The van der Waals surface area contributed by atoms with E-state index in [1.165, 1.54) is 0 Å². The van der Waals surface area contributed by atoms with E-state index >= 15 is 0 Å². The highest BCUT2D eigenvalue weighted by atomic mass is 79.9. The van der Waals surface area contributed by atoms with Crippen molar-refractivity contribution in [3.8, 4) is 5.75 Å². The van der Waals surface area contributed by atoms with Crippen LogP contribution in [0.3, 0.4) is 0 Å². The first-order valence-corrected chi connectivity index (χ1v) is 7.05. The van der Waals surface area contributed by atoms with Gasteiger partial charge in [-0.05, 0) is 24.6 Å². The molecule has 0 fully saturated rings. The molecule has 0 bridgehead atoms. The number of likely N-dealkylation sites (N-methyl/N-ethyl adjacent to an activating group) is 1. The van der Waals surface area contributed by atoms with Gasteiger partial charge < -0.3 is 9.64 Å². The molecule has 0 aliphatic carbocycles. The molecule has 0 aliphatic rings. The summed E-state index contributed by atoms with van der Waals surface area (Å²) >= 11 is 9.28. The Morgan fingerprint density at radius 2 is 2.28 bits per heavy atom. The highest BCUT2D eigenvalue weighted by molar-refractivity contribution is 9.09. The van der Waals surface area contributed by atoms with Gasteiger partial charge in [0.1, 0.15) is 5.75 Å². The number of hydrogen-bond donors (Lipinski definition) is 0. The summed E-state index contributed by atoms with van der Waals surface area (Å²) in [6.07, 6.45) is 0.916. The van der Waals surface area contributed by atoms with Gasteiger partial charge in [-0.1, -0.05) is 40.5 Å². The Morgan fingerprint density at radius 1 is 1.56 bits per heavy atom. The third kappa shape index (κ3) is 5.74. The van der Waals surface area contributed by atoms with E-state index in [-0.39, 0.29) is 12.5 Å². The van der Waals surface area contributed by atoms with E-state index in [0.717, 1.165) is 6.42 Å². The topological polar surface area (TPSA) is 29.5 Å². The summed E-state index contributed by atoms with van der Waals surface area (Å²) in [6, 6.07) is 7.02. The van der Waals surface area contributed by atoms with Crippen LogP contribution in [0.4, 0.5) is 0 Å². The lowest BCUT2D eigenvalue weighted by molar-refractivity contribution is -0.132. The Kier molecular flexibility index (Phi) is 6.50. The van der Waals surface area contributed by atoms with Crippen molar-refractivity contribution in [1.29, 1.82) is 0 Å². The lowest BCUT2D eigenvalue weighted by atomic mass is 10.3. The SMILES string of the molecule is CC(Br)CCN(C)C(=O)COc1cccc(Cl)c1. The molecule has 0 saturated carbocycles. The molecule has 0 aromatic heterocycles. The molecule has 5 heteroatoms. The number of ether oxygens (including phenoxy) is 1. The van der Waals surface area contributed by atoms with Gasteiger partial charge in [0, 0.05) is 23.4 Å². The number of rotatable bonds is 6. The molecular formula is C13H17BrClNO2. The fraction of sp³-hybridized carbons (Fsp3) is 0.462. The zero-order valence-electron chi connectivity index (χ0n) is 10.5. The second kappa shape index (κ2) is 7.64. The summed E-state index contributed by atoms with van der Waals surface area (Å²) in [5.74, 6) is 0.571. The maximum Gasteiger partial charge on any atom is 0.260 e. The molecule has 1 amide bonds. The van der Waals surface area contributed by atoms with Crippen molar-refractivity contribution in [3.63, 3.8) is 0 Å². The smallest absolute Gasteiger partial charge is 0.260 e. The van der Waals surface area contributed by atoms with Gasteiger partial charge in [-0.2, -0.15) is 0 Å². The minimum atomic E-state index is -0.0388. The van der Waals surface area contributed by atoms with Gasteiger partial charge in [-0.3, -0.25) is 4.79 Å². The maximum absolute atomic E-state index is 11.8. The van der Waals surface area contributed by atoms with Crippen molar-refractivity contribution in [1.82, 2.24) is 4.90 Å². The van der Waals surface area contributed by atoms with Crippen LogP contribution in [-0.4, -0.2) is 35.8 Å². The first kappa shape index (κ1) is 15.3. The third-order valence-electron chi connectivity index (χ3n) is 2.45. The Balaban J connectivity index is 2.36. The molecule has 1 aromatic carbocycles. The summed E-state index contributed by atoms with van der Waals surface area (Å²) in [5.41, 5.74) is 0. The van der Waals surface area contributed by atoms with Crippen molar-refractivity contribution in [2.45, 2.75) is 18.2 Å². The number of alkyl halides is 1.